The van der Waals surface area contributed by atoms with Gasteiger partial charge in [-0.15, -0.1) is 0 Å². The van der Waals surface area contributed by atoms with Crippen molar-refractivity contribution in [2.75, 3.05) is 25.3 Å². The van der Waals surface area contributed by atoms with Crippen LogP contribution in [0.25, 0.3) is 11.2 Å². The SMILES string of the molecule is CCCCCCCCCCCCCCCCCCOP(=O)(CO[C@H](C)Cn1cnc2c(N)ncnc21)OCCCCCCCCCCCCCCCCCC. The van der Waals surface area contributed by atoms with E-state index in [-0.39, 0.29) is 12.5 Å². The molecule has 0 saturated carbocycles. The summed E-state index contributed by atoms with van der Waals surface area (Å²) in [4.78, 5) is 12.7. The third-order valence-corrected chi connectivity index (χ3v) is 12.6. The molecule has 2 heterocycles. The fraction of sp³-hybridized carbons (Fsp3) is 0.889. The van der Waals surface area contributed by atoms with Gasteiger partial charge in [0.15, 0.2) is 11.5 Å². The van der Waals surface area contributed by atoms with Crippen molar-refractivity contribution in [1.29, 1.82) is 0 Å². The van der Waals surface area contributed by atoms with Crippen LogP contribution in [0.3, 0.4) is 0 Å². The number of nitrogen functional groups attached to an aromatic ring is 1. The van der Waals surface area contributed by atoms with Crippen LogP contribution in [0.1, 0.15) is 226 Å². The smallest absolute Gasteiger partial charge is 0.356 e. The lowest BCUT2D eigenvalue weighted by molar-refractivity contribution is 0.0652. The van der Waals surface area contributed by atoms with Crippen LogP contribution in [0.4, 0.5) is 5.82 Å². The minimum atomic E-state index is -3.39. The van der Waals surface area contributed by atoms with Gasteiger partial charge in [0.1, 0.15) is 18.2 Å². The van der Waals surface area contributed by atoms with Gasteiger partial charge < -0.3 is 24.1 Å². The molecule has 0 spiro atoms. The van der Waals surface area contributed by atoms with E-state index >= 15 is 0 Å². The van der Waals surface area contributed by atoms with Gasteiger partial charge in [0, 0.05) is 0 Å². The molecular weight excluding hydrogens is 705 g/mol. The average molecular weight is 792 g/mol. The molecule has 0 radical (unpaired) electrons. The van der Waals surface area contributed by atoms with Gasteiger partial charge in [-0.05, 0) is 19.8 Å². The Morgan fingerprint density at radius 3 is 1.31 bits per heavy atom. The van der Waals surface area contributed by atoms with Crippen molar-refractivity contribution >= 4 is 24.6 Å². The highest BCUT2D eigenvalue weighted by atomic mass is 31.2. The van der Waals surface area contributed by atoms with E-state index in [0.29, 0.717) is 36.7 Å². The summed E-state index contributed by atoms with van der Waals surface area (Å²) in [6, 6.07) is 0. The Kier molecular flexibility index (Phi) is 31.1. The third-order valence-electron chi connectivity index (χ3n) is 11.0. The summed E-state index contributed by atoms with van der Waals surface area (Å²) in [7, 11) is -3.39. The molecule has 2 N–H and O–H groups in total. The topological polar surface area (TPSA) is 114 Å². The van der Waals surface area contributed by atoms with E-state index in [4.69, 9.17) is 19.5 Å². The first kappa shape index (κ1) is 49.6. The number of fused-ring (bicyclic) bond motifs is 1. The molecule has 320 valence electrons. The van der Waals surface area contributed by atoms with Crippen LogP contribution in [0.15, 0.2) is 12.7 Å². The van der Waals surface area contributed by atoms with Crippen molar-refractivity contribution in [3.8, 4) is 0 Å². The molecule has 0 aliphatic carbocycles. The number of aromatic nitrogens is 4. The fourth-order valence-electron chi connectivity index (χ4n) is 7.40. The first-order chi connectivity index (χ1) is 27.0. The number of imidazole rings is 1. The second kappa shape index (κ2) is 34.5. The van der Waals surface area contributed by atoms with E-state index in [1.165, 1.54) is 186 Å². The zero-order valence-electron chi connectivity index (χ0n) is 36.1. The highest BCUT2D eigenvalue weighted by Crippen LogP contribution is 2.49. The minimum absolute atomic E-state index is 0.0599. The van der Waals surface area contributed by atoms with Crippen LogP contribution < -0.4 is 5.73 Å². The first-order valence-electron chi connectivity index (χ1n) is 23.4. The van der Waals surface area contributed by atoms with Crippen molar-refractivity contribution < 1.29 is 18.3 Å². The number of hydrogen-bond donors (Lipinski definition) is 1. The Morgan fingerprint density at radius 1 is 0.564 bits per heavy atom. The molecule has 0 fully saturated rings. The van der Waals surface area contributed by atoms with E-state index in [1.54, 1.807) is 6.33 Å². The van der Waals surface area contributed by atoms with Crippen molar-refractivity contribution in [2.45, 2.75) is 239 Å². The summed E-state index contributed by atoms with van der Waals surface area (Å²) < 4.78 is 33.9. The number of nitrogens with zero attached hydrogens (tertiary/aromatic N) is 4. The summed E-state index contributed by atoms with van der Waals surface area (Å²) in [5, 5.41) is 0. The van der Waals surface area contributed by atoms with Crippen LogP contribution in [0, 0.1) is 0 Å². The van der Waals surface area contributed by atoms with Crippen LogP contribution >= 0.6 is 7.60 Å². The van der Waals surface area contributed by atoms with E-state index in [2.05, 4.69) is 28.8 Å². The maximum Gasteiger partial charge on any atom is 0.356 e. The van der Waals surface area contributed by atoms with Crippen LogP contribution in [-0.2, 0) is 24.9 Å². The molecular formula is C45H86N5O4P. The third kappa shape index (κ3) is 26.2. The van der Waals surface area contributed by atoms with E-state index < -0.39 is 7.60 Å². The van der Waals surface area contributed by atoms with E-state index in [1.807, 2.05) is 11.5 Å². The normalized spacial score (nSPS) is 12.6. The molecule has 55 heavy (non-hydrogen) atoms. The summed E-state index contributed by atoms with van der Waals surface area (Å²) in [5.74, 6) is 0.354. The summed E-state index contributed by atoms with van der Waals surface area (Å²) in [5.41, 5.74) is 7.19. The standard InChI is InChI=1S/C45H86N5O4P/c1-4-6-8-10-12-14-16-18-20-22-24-26-28-30-32-34-36-53-55(51,41-52-42(3)38-50-40-49-43-44(46)47-39-48-45(43)50)54-37-35-33-31-29-27-25-23-21-19-17-15-13-11-9-7-5-2/h39-40,42H,4-38,41H2,1-3H3,(H2,46,47,48)/t42-/m1/s1. The van der Waals surface area contributed by atoms with Crippen LogP contribution in [-0.4, -0.2) is 45.2 Å². The lowest BCUT2D eigenvalue weighted by atomic mass is 10.0. The van der Waals surface area contributed by atoms with Crippen molar-refractivity contribution in [1.82, 2.24) is 19.5 Å². The van der Waals surface area contributed by atoms with Gasteiger partial charge in [0.25, 0.3) is 0 Å². The van der Waals surface area contributed by atoms with Gasteiger partial charge in [0.2, 0.25) is 0 Å². The van der Waals surface area contributed by atoms with Crippen molar-refractivity contribution in [3.05, 3.63) is 12.7 Å². The van der Waals surface area contributed by atoms with Gasteiger partial charge in [-0.2, -0.15) is 0 Å². The van der Waals surface area contributed by atoms with Crippen LogP contribution in [0.2, 0.25) is 0 Å². The lowest BCUT2D eigenvalue weighted by Gasteiger charge is -2.21. The molecule has 0 saturated heterocycles. The van der Waals surface area contributed by atoms with Crippen molar-refractivity contribution in [2.24, 2.45) is 0 Å². The number of rotatable bonds is 41. The molecule has 10 heteroatoms. The monoisotopic (exact) mass is 792 g/mol. The molecule has 0 aliphatic rings. The second-order valence-corrected chi connectivity index (χ2v) is 18.3. The van der Waals surface area contributed by atoms with Gasteiger partial charge >= 0.3 is 7.60 Å². The number of nitrogens with two attached hydrogens (primary N) is 1. The summed E-state index contributed by atoms with van der Waals surface area (Å²) in [6.07, 6.45) is 45.0. The molecule has 0 aliphatic heterocycles. The van der Waals surface area contributed by atoms with Gasteiger partial charge in [0.05, 0.1) is 32.2 Å². The fourth-order valence-corrected chi connectivity index (χ4v) is 8.88. The lowest BCUT2D eigenvalue weighted by Crippen LogP contribution is -2.18. The zero-order valence-corrected chi connectivity index (χ0v) is 37.0. The molecule has 1 atom stereocenters. The van der Waals surface area contributed by atoms with Gasteiger partial charge in [-0.25, -0.2) is 15.0 Å². The molecule has 0 aromatic carbocycles. The first-order valence-corrected chi connectivity index (χ1v) is 25.1. The molecule has 2 aromatic heterocycles. The Hall–Kier alpha value is -1.54. The number of hydrogen-bond acceptors (Lipinski definition) is 8. The summed E-state index contributed by atoms with van der Waals surface area (Å²) >= 11 is 0. The average Bonchev–Trinajstić information content (AvgIpc) is 3.60. The van der Waals surface area contributed by atoms with Crippen LogP contribution in [0.5, 0.6) is 0 Å². The molecule has 2 aromatic rings. The zero-order chi connectivity index (χ0) is 39.5. The molecule has 0 unspecified atom stereocenters. The predicted octanol–water partition coefficient (Wildman–Crippen LogP) is 14.5. The number of anilines is 1. The molecule has 0 amide bonds. The van der Waals surface area contributed by atoms with E-state index in [0.717, 1.165) is 25.7 Å². The molecule has 0 bridgehead atoms. The molecule has 2 rings (SSSR count). The van der Waals surface area contributed by atoms with Crippen molar-refractivity contribution in [3.63, 3.8) is 0 Å². The largest absolute Gasteiger partial charge is 0.382 e. The highest BCUT2D eigenvalue weighted by molar-refractivity contribution is 7.53. The number of unbranched alkanes of at least 4 members (excludes halogenated alkanes) is 30. The Balaban J connectivity index is 1.60. The molecule has 9 nitrogen and oxygen atoms in total. The summed E-state index contributed by atoms with van der Waals surface area (Å²) in [6.45, 7) is 7.89. The highest BCUT2D eigenvalue weighted by Gasteiger charge is 2.26. The second-order valence-electron chi connectivity index (χ2n) is 16.3. The minimum Gasteiger partial charge on any atom is -0.382 e. The Bertz CT molecular complexity index is 1160. The van der Waals surface area contributed by atoms with E-state index in [9.17, 15) is 4.57 Å². The Labute approximate surface area is 338 Å². The quantitative estimate of drug-likeness (QED) is 0.0523. The van der Waals surface area contributed by atoms with Gasteiger partial charge in [-0.3, -0.25) is 4.57 Å². The maximum absolute atomic E-state index is 13.9. The number of ether oxygens (including phenoxy) is 1. The van der Waals surface area contributed by atoms with Gasteiger partial charge in [-0.1, -0.05) is 206 Å². The Morgan fingerprint density at radius 2 is 0.927 bits per heavy atom. The predicted molar refractivity (Wildman–Crippen MR) is 234 cm³/mol. The maximum atomic E-state index is 13.9.